The van der Waals surface area contributed by atoms with Crippen molar-refractivity contribution in [3.63, 3.8) is 0 Å². The highest BCUT2D eigenvalue weighted by molar-refractivity contribution is 9.10. The van der Waals surface area contributed by atoms with E-state index in [1.54, 1.807) is 31.2 Å². The van der Waals surface area contributed by atoms with Crippen LogP contribution in [0.5, 0.6) is 11.5 Å². The van der Waals surface area contributed by atoms with E-state index in [0.29, 0.717) is 45.4 Å². The third-order valence-corrected chi connectivity index (χ3v) is 4.70. The zero-order valence-corrected chi connectivity index (χ0v) is 18.1. The molecule has 1 heterocycles. The molecule has 0 aliphatic rings. The Morgan fingerprint density at radius 1 is 1.34 bits per heavy atom. The van der Waals surface area contributed by atoms with E-state index in [2.05, 4.69) is 31.9 Å². The van der Waals surface area contributed by atoms with Gasteiger partial charge in [0.2, 0.25) is 0 Å². The number of hydrogen-bond acceptors (Lipinski definition) is 5. The molecule has 0 fully saturated rings. The SMILES string of the molecule is C#CCOc1c(Cl)cc(C=Nn2c(C)nc3ccc(Br)cc3c2=O)cc1OCC. The van der Waals surface area contributed by atoms with Crippen molar-refractivity contribution >= 4 is 44.6 Å². The molecule has 0 N–H and O–H groups in total. The molecule has 148 valence electrons. The first-order valence-electron chi connectivity index (χ1n) is 8.70. The summed E-state index contributed by atoms with van der Waals surface area (Å²) in [4.78, 5) is 17.3. The van der Waals surface area contributed by atoms with Crippen LogP contribution in [0.25, 0.3) is 10.9 Å². The number of benzene rings is 2. The molecule has 29 heavy (non-hydrogen) atoms. The predicted molar refractivity (Wildman–Crippen MR) is 118 cm³/mol. The van der Waals surface area contributed by atoms with Gasteiger partial charge >= 0.3 is 0 Å². The molecule has 0 atom stereocenters. The second-order valence-electron chi connectivity index (χ2n) is 5.94. The maximum atomic E-state index is 12.8. The Morgan fingerprint density at radius 3 is 2.86 bits per heavy atom. The summed E-state index contributed by atoms with van der Waals surface area (Å²) < 4.78 is 13.1. The van der Waals surface area contributed by atoms with E-state index < -0.39 is 0 Å². The molecule has 0 amide bonds. The van der Waals surface area contributed by atoms with Crippen molar-refractivity contribution in [3.8, 4) is 23.8 Å². The topological polar surface area (TPSA) is 65.7 Å². The Labute approximate surface area is 181 Å². The van der Waals surface area contributed by atoms with E-state index in [0.717, 1.165) is 4.47 Å². The fourth-order valence-corrected chi connectivity index (χ4v) is 3.33. The lowest BCUT2D eigenvalue weighted by atomic mass is 10.2. The summed E-state index contributed by atoms with van der Waals surface area (Å²) in [6, 6.07) is 8.71. The predicted octanol–water partition coefficient (Wildman–Crippen LogP) is 4.41. The molecule has 2 aromatic carbocycles. The standard InChI is InChI=1S/C21H17BrClN3O3/c1-4-8-29-20-17(23)9-14(10-19(20)28-5-2)12-24-26-13(3)25-18-7-6-15(22)11-16(18)21(26)27/h1,6-7,9-12H,5,8H2,2-3H3. The molecule has 0 radical (unpaired) electrons. The van der Waals surface area contributed by atoms with E-state index in [4.69, 9.17) is 27.5 Å². The van der Waals surface area contributed by atoms with Crippen molar-refractivity contribution in [2.75, 3.05) is 13.2 Å². The minimum Gasteiger partial charge on any atom is -0.490 e. The highest BCUT2D eigenvalue weighted by Crippen LogP contribution is 2.36. The number of rotatable bonds is 6. The van der Waals surface area contributed by atoms with E-state index in [9.17, 15) is 4.79 Å². The number of ether oxygens (including phenoxy) is 2. The third-order valence-electron chi connectivity index (χ3n) is 3.92. The Morgan fingerprint density at radius 2 is 2.14 bits per heavy atom. The monoisotopic (exact) mass is 473 g/mol. The van der Waals surface area contributed by atoms with Gasteiger partial charge in [0, 0.05) is 4.47 Å². The van der Waals surface area contributed by atoms with Gasteiger partial charge in [-0.15, -0.1) is 6.42 Å². The van der Waals surface area contributed by atoms with Gasteiger partial charge in [-0.2, -0.15) is 9.78 Å². The maximum absolute atomic E-state index is 12.8. The molecule has 0 aliphatic carbocycles. The fourth-order valence-electron chi connectivity index (χ4n) is 2.70. The normalized spacial score (nSPS) is 11.0. The minimum absolute atomic E-state index is 0.0696. The minimum atomic E-state index is -0.268. The highest BCUT2D eigenvalue weighted by atomic mass is 79.9. The van der Waals surface area contributed by atoms with E-state index in [1.807, 2.05) is 13.0 Å². The number of aromatic nitrogens is 2. The number of fused-ring (bicyclic) bond motifs is 1. The Kier molecular flexibility index (Phi) is 6.57. The van der Waals surface area contributed by atoms with Crippen LogP contribution < -0.4 is 15.0 Å². The smallest absolute Gasteiger partial charge is 0.282 e. The summed E-state index contributed by atoms with van der Waals surface area (Å²) in [5.41, 5.74) is 0.973. The van der Waals surface area contributed by atoms with Gasteiger partial charge in [0.1, 0.15) is 12.4 Å². The van der Waals surface area contributed by atoms with Crippen LogP contribution in [0.1, 0.15) is 18.3 Å². The second kappa shape index (κ2) is 9.12. The molecule has 1 aromatic heterocycles. The van der Waals surface area contributed by atoms with Gasteiger partial charge in [-0.3, -0.25) is 4.79 Å². The third kappa shape index (κ3) is 4.61. The molecule has 0 aliphatic heterocycles. The van der Waals surface area contributed by atoms with Crippen LogP contribution in [-0.4, -0.2) is 29.1 Å². The molecule has 8 heteroatoms. The molecule has 6 nitrogen and oxygen atoms in total. The first-order chi connectivity index (χ1) is 13.9. The lowest BCUT2D eigenvalue weighted by Gasteiger charge is -2.13. The summed E-state index contributed by atoms with van der Waals surface area (Å²) in [5.74, 6) is 3.67. The van der Waals surface area contributed by atoms with E-state index in [1.165, 1.54) is 10.9 Å². The van der Waals surface area contributed by atoms with Crippen molar-refractivity contribution in [2.45, 2.75) is 13.8 Å². The summed E-state index contributed by atoms with van der Waals surface area (Å²) in [6.45, 7) is 4.06. The number of hydrogen-bond donors (Lipinski definition) is 0. The number of nitrogens with zero attached hydrogens (tertiary/aromatic N) is 3. The lowest BCUT2D eigenvalue weighted by molar-refractivity contribution is 0.299. The summed E-state index contributed by atoms with van der Waals surface area (Å²) in [6.07, 6.45) is 6.76. The molecule has 0 unspecified atom stereocenters. The lowest BCUT2D eigenvalue weighted by Crippen LogP contribution is -2.20. The molecular formula is C21H17BrClN3O3. The van der Waals surface area contributed by atoms with Gasteiger partial charge in [-0.25, -0.2) is 4.98 Å². The van der Waals surface area contributed by atoms with Crippen molar-refractivity contribution in [3.05, 3.63) is 61.6 Å². The Balaban J connectivity index is 2.04. The largest absolute Gasteiger partial charge is 0.490 e. The van der Waals surface area contributed by atoms with Crippen LogP contribution in [0.15, 0.2) is 44.7 Å². The van der Waals surface area contributed by atoms with E-state index >= 15 is 0 Å². The molecule has 3 aromatic rings. The van der Waals surface area contributed by atoms with E-state index in [-0.39, 0.29) is 12.2 Å². The van der Waals surface area contributed by atoms with Gasteiger partial charge in [-0.1, -0.05) is 33.5 Å². The van der Waals surface area contributed by atoms with Crippen molar-refractivity contribution in [1.29, 1.82) is 0 Å². The number of terminal acetylenes is 1. The quantitative estimate of drug-likeness (QED) is 0.392. The average Bonchev–Trinajstić information content (AvgIpc) is 2.68. The van der Waals surface area contributed by atoms with Crippen LogP contribution in [0.4, 0.5) is 0 Å². The first-order valence-corrected chi connectivity index (χ1v) is 9.87. The van der Waals surface area contributed by atoms with Gasteiger partial charge in [-0.05, 0) is 49.7 Å². The molecular weight excluding hydrogens is 458 g/mol. The van der Waals surface area contributed by atoms with Crippen LogP contribution in [0.2, 0.25) is 5.02 Å². The molecule has 3 rings (SSSR count). The number of aryl methyl sites for hydroxylation is 1. The van der Waals surface area contributed by atoms with Crippen LogP contribution in [0.3, 0.4) is 0 Å². The zero-order chi connectivity index (χ0) is 21.0. The molecule has 0 saturated heterocycles. The maximum Gasteiger partial charge on any atom is 0.282 e. The highest BCUT2D eigenvalue weighted by Gasteiger charge is 2.12. The van der Waals surface area contributed by atoms with Gasteiger partial charge in [0.25, 0.3) is 5.56 Å². The zero-order valence-electron chi connectivity index (χ0n) is 15.8. The first kappa shape index (κ1) is 20.9. The fraction of sp³-hybridized carbons (Fsp3) is 0.190. The average molecular weight is 475 g/mol. The molecule has 0 saturated carbocycles. The summed E-state index contributed by atoms with van der Waals surface area (Å²) in [5, 5.41) is 5.10. The van der Waals surface area contributed by atoms with Crippen molar-refractivity contribution in [2.24, 2.45) is 5.10 Å². The van der Waals surface area contributed by atoms with Crippen molar-refractivity contribution < 1.29 is 9.47 Å². The van der Waals surface area contributed by atoms with Crippen LogP contribution >= 0.6 is 27.5 Å². The summed E-state index contributed by atoms with van der Waals surface area (Å²) >= 11 is 9.70. The van der Waals surface area contributed by atoms with Gasteiger partial charge < -0.3 is 9.47 Å². The summed E-state index contributed by atoms with van der Waals surface area (Å²) in [7, 11) is 0. The van der Waals surface area contributed by atoms with Gasteiger partial charge in [0.15, 0.2) is 11.5 Å². The van der Waals surface area contributed by atoms with Crippen LogP contribution in [0, 0.1) is 19.3 Å². The van der Waals surface area contributed by atoms with Gasteiger partial charge in [0.05, 0.1) is 28.7 Å². The second-order valence-corrected chi connectivity index (χ2v) is 7.26. The Bertz CT molecular complexity index is 1200. The van der Waals surface area contributed by atoms with Crippen molar-refractivity contribution in [1.82, 2.24) is 9.66 Å². The van der Waals surface area contributed by atoms with Crippen LogP contribution in [-0.2, 0) is 0 Å². The molecule has 0 bridgehead atoms. The Hall–Kier alpha value is -2.82. The number of halogens is 2. The molecule has 0 spiro atoms.